The first-order valence-electron chi connectivity index (χ1n) is 9.64. The van der Waals surface area contributed by atoms with Crippen molar-refractivity contribution in [2.75, 3.05) is 37.0 Å². The molecule has 2 N–H and O–H groups in total. The van der Waals surface area contributed by atoms with Gasteiger partial charge in [-0.1, -0.05) is 24.3 Å². The van der Waals surface area contributed by atoms with Crippen molar-refractivity contribution in [1.82, 2.24) is 5.32 Å². The normalized spacial score (nSPS) is 13.4. The van der Waals surface area contributed by atoms with Crippen molar-refractivity contribution in [3.63, 3.8) is 0 Å². The zero-order valence-electron chi connectivity index (χ0n) is 16.4. The molecule has 3 rings (SSSR count). The van der Waals surface area contributed by atoms with Crippen molar-refractivity contribution in [2.45, 2.75) is 19.3 Å². The molecule has 1 fully saturated rings. The highest BCUT2D eigenvalue weighted by atomic mass is 16.5. The van der Waals surface area contributed by atoms with E-state index < -0.39 is 0 Å². The summed E-state index contributed by atoms with van der Waals surface area (Å²) in [6, 6.07) is 14.3. The molecule has 7 nitrogen and oxygen atoms in total. The van der Waals surface area contributed by atoms with Crippen molar-refractivity contribution >= 4 is 29.1 Å². The molecule has 0 unspecified atom stereocenters. The molecule has 1 aliphatic rings. The van der Waals surface area contributed by atoms with Gasteiger partial charge in [0.1, 0.15) is 0 Å². The number of nitrogens with zero attached hydrogens (tertiary/aromatic N) is 1. The summed E-state index contributed by atoms with van der Waals surface area (Å²) in [5, 5.41) is 5.56. The molecule has 3 amide bonds. The Kier molecular flexibility index (Phi) is 6.97. The fourth-order valence-corrected chi connectivity index (χ4v) is 3.25. The number of hydrogen-bond acceptors (Lipinski definition) is 4. The van der Waals surface area contributed by atoms with Crippen LogP contribution in [-0.2, 0) is 20.7 Å². The van der Waals surface area contributed by atoms with E-state index in [-0.39, 0.29) is 24.1 Å². The average molecular weight is 395 g/mol. The second-order valence-corrected chi connectivity index (χ2v) is 6.83. The molecule has 2 aromatic rings. The van der Waals surface area contributed by atoms with Crippen LogP contribution < -0.4 is 15.5 Å². The van der Waals surface area contributed by atoms with E-state index in [1.54, 1.807) is 36.3 Å². The van der Waals surface area contributed by atoms with Gasteiger partial charge in [-0.15, -0.1) is 0 Å². The second-order valence-electron chi connectivity index (χ2n) is 6.83. The lowest BCUT2D eigenvalue weighted by molar-refractivity contribution is -0.117. The number of hydrogen-bond donors (Lipinski definition) is 2. The first kappa shape index (κ1) is 20.5. The number of carbonyl (C=O) groups excluding carboxylic acids is 3. The predicted octanol–water partition coefficient (Wildman–Crippen LogP) is 2.37. The maximum absolute atomic E-state index is 12.5. The molecule has 152 valence electrons. The largest absolute Gasteiger partial charge is 0.383 e. The molecule has 0 bridgehead atoms. The minimum absolute atomic E-state index is 0.135. The highest BCUT2D eigenvalue weighted by molar-refractivity contribution is 6.04. The lowest BCUT2D eigenvalue weighted by Crippen LogP contribution is -2.28. The van der Waals surface area contributed by atoms with Gasteiger partial charge in [-0.3, -0.25) is 14.4 Å². The van der Waals surface area contributed by atoms with E-state index in [0.29, 0.717) is 30.8 Å². The Morgan fingerprint density at radius 2 is 1.86 bits per heavy atom. The predicted molar refractivity (Wildman–Crippen MR) is 111 cm³/mol. The third kappa shape index (κ3) is 5.42. The molecule has 0 aromatic heterocycles. The summed E-state index contributed by atoms with van der Waals surface area (Å²) in [6.07, 6.45) is 1.64. The van der Waals surface area contributed by atoms with E-state index in [4.69, 9.17) is 4.74 Å². The quantitative estimate of drug-likeness (QED) is 0.672. The summed E-state index contributed by atoms with van der Waals surface area (Å²) in [7, 11) is 1.57. The van der Waals surface area contributed by atoms with E-state index in [1.165, 1.54) is 0 Å². The number of anilines is 2. The molecular formula is C22H25N3O4. The molecule has 1 heterocycles. The third-order valence-electron chi connectivity index (χ3n) is 4.72. The van der Waals surface area contributed by atoms with Crippen LogP contribution in [0.1, 0.15) is 28.8 Å². The molecule has 0 atom stereocenters. The summed E-state index contributed by atoms with van der Waals surface area (Å²) >= 11 is 0. The van der Waals surface area contributed by atoms with E-state index >= 15 is 0 Å². The van der Waals surface area contributed by atoms with Gasteiger partial charge in [0.2, 0.25) is 11.8 Å². The van der Waals surface area contributed by atoms with Gasteiger partial charge in [0.05, 0.1) is 24.3 Å². The van der Waals surface area contributed by atoms with Gasteiger partial charge in [0.25, 0.3) is 5.91 Å². The topological polar surface area (TPSA) is 87.7 Å². The summed E-state index contributed by atoms with van der Waals surface area (Å²) in [6.45, 7) is 1.55. The molecule has 0 aliphatic carbocycles. The number of amides is 3. The van der Waals surface area contributed by atoms with Crippen LogP contribution in [0.3, 0.4) is 0 Å². The zero-order chi connectivity index (χ0) is 20.6. The Balaban J connectivity index is 1.61. The molecule has 2 aromatic carbocycles. The third-order valence-corrected chi connectivity index (χ3v) is 4.72. The van der Waals surface area contributed by atoms with Crippen LogP contribution in [0.5, 0.6) is 0 Å². The summed E-state index contributed by atoms with van der Waals surface area (Å²) in [5.74, 6) is -0.347. The minimum atomic E-state index is -0.266. The standard InChI is InChI=1S/C22H25N3O4/c1-29-14-12-23-22(28)18-5-2-3-6-19(18)24-20(26)15-16-8-10-17(11-9-16)25-13-4-7-21(25)27/h2-3,5-6,8-11H,4,7,12-15H2,1H3,(H,23,28)(H,24,26). The van der Waals surface area contributed by atoms with Crippen molar-refractivity contribution < 1.29 is 19.1 Å². The van der Waals surface area contributed by atoms with E-state index in [0.717, 1.165) is 24.2 Å². The number of methoxy groups -OCH3 is 1. The lowest BCUT2D eigenvalue weighted by atomic mass is 10.1. The molecule has 0 saturated carbocycles. The van der Waals surface area contributed by atoms with Crippen molar-refractivity contribution in [3.05, 3.63) is 59.7 Å². The number of benzene rings is 2. The smallest absolute Gasteiger partial charge is 0.253 e. The van der Waals surface area contributed by atoms with E-state index in [2.05, 4.69) is 10.6 Å². The number of nitrogens with one attached hydrogen (secondary N) is 2. The molecular weight excluding hydrogens is 370 g/mol. The van der Waals surface area contributed by atoms with Crippen molar-refractivity contribution in [2.24, 2.45) is 0 Å². The van der Waals surface area contributed by atoms with Crippen molar-refractivity contribution in [1.29, 1.82) is 0 Å². The number of rotatable bonds is 8. The first-order chi connectivity index (χ1) is 14.1. The van der Waals surface area contributed by atoms with Crippen LogP contribution in [-0.4, -0.2) is 44.5 Å². The van der Waals surface area contributed by atoms with Gasteiger partial charge in [0.15, 0.2) is 0 Å². The van der Waals surface area contributed by atoms with Gasteiger partial charge in [-0.2, -0.15) is 0 Å². The van der Waals surface area contributed by atoms with Gasteiger partial charge in [0, 0.05) is 32.3 Å². The molecule has 7 heteroatoms. The molecule has 29 heavy (non-hydrogen) atoms. The SMILES string of the molecule is COCCNC(=O)c1ccccc1NC(=O)Cc1ccc(N2CCCC2=O)cc1. The van der Waals surface area contributed by atoms with Gasteiger partial charge < -0.3 is 20.3 Å². The number of ether oxygens (including phenoxy) is 1. The van der Waals surface area contributed by atoms with Crippen LogP contribution >= 0.6 is 0 Å². The number of para-hydroxylation sites is 1. The Labute approximate surface area is 170 Å². The summed E-state index contributed by atoms with van der Waals surface area (Å²) in [4.78, 5) is 38.4. The van der Waals surface area contributed by atoms with Gasteiger partial charge in [-0.05, 0) is 36.2 Å². The molecule has 1 saturated heterocycles. The maximum atomic E-state index is 12.5. The highest BCUT2D eigenvalue weighted by Crippen LogP contribution is 2.22. The maximum Gasteiger partial charge on any atom is 0.253 e. The summed E-state index contributed by atoms with van der Waals surface area (Å²) < 4.78 is 4.93. The highest BCUT2D eigenvalue weighted by Gasteiger charge is 2.21. The fourth-order valence-electron chi connectivity index (χ4n) is 3.25. The molecule has 0 radical (unpaired) electrons. The zero-order valence-corrected chi connectivity index (χ0v) is 16.4. The van der Waals surface area contributed by atoms with Crippen LogP contribution in [0, 0.1) is 0 Å². The summed E-state index contributed by atoms with van der Waals surface area (Å²) in [5.41, 5.74) is 2.56. The Morgan fingerprint density at radius 3 is 2.55 bits per heavy atom. The second kappa shape index (κ2) is 9.84. The van der Waals surface area contributed by atoms with E-state index in [1.807, 2.05) is 24.3 Å². The minimum Gasteiger partial charge on any atom is -0.383 e. The van der Waals surface area contributed by atoms with Gasteiger partial charge >= 0.3 is 0 Å². The fraction of sp³-hybridized carbons (Fsp3) is 0.318. The Morgan fingerprint density at radius 1 is 1.10 bits per heavy atom. The van der Waals surface area contributed by atoms with Crippen molar-refractivity contribution in [3.8, 4) is 0 Å². The van der Waals surface area contributed by atoms with Crippen LogP contribution in [0.4, 0.5) is 11.4 Å². The Hall–Kier alpha value is -3.19. The number of carbonyl (C=O) groups is 3. The van der Waals surface area contributed by atoms with E-state index in [9.17, 15) is 14.4 Å². The van der Waals surface area contributed by atoms with Gasteiger partial charge in [-0.25, -0.2) is 0 Å². The van der Waals surface area contributed by atoms with Crippen LogP contribution in [0.15, 0.2) is 48.5 Å². The molecule has 0 spiro atoms. The van der Waals surface area contributed by atoms with Crippen LogP contribution in [0.2, 0.25) is 0 Å². The Bertz CT molecular complexity index is 880. The van der Waals surface area contributed by atoms with Crippen LogP contribution in [0.25, 0.3) is 0 Å². The first-order valence-corrected chi connectivity index (χ1v) is 9.64. The molecule has 1 aliphatic heterocycles. The average Bonchev–Trinajstić information content (AvgIpc) is 3.15. The monoisotopic (exact) mass is 395 g/mol. The lowest BCUT2D eigenvalue weighted by Gasteiger charge is -2.16.